The average Bonchev–Trinajstić information content (AvgIpc) is 2.84. The van der Waals surface area contributed by atoms with Gasteiger partial charge in [0.15, 0.2) is 0 Å². The molecule has 112 valence electrons. The minimum absolute atomic E-state index is 0.0123. The fourth-order valence-corrected chi connectivity index (χ4v) is 2.19. The zero-order chi connectivity index (χ0) is 15.2. The molecule has 1 aliphatic rings. The largest absolute Gasteiger partial charge is 0.469 e. The lowest BCUT2D eigenvalue weighted by Crippen LogP contribution is -2.26. The van der Waals surface area contributed by atoms with Gasteiger partial charge in [-0.2, -0.15) is 0 Å². The summed E-state index contributed by atoms with van der Waals surface area (Å²) in [6.07, 6.45) is 1.32. The van der Waals surface area contributed by atoms with E-state index in [9.17, 15) is 14.4 Å². The second-order valence-corrected chi connectivity index (χ2v) is 4.89. The van der Waals surface area contributed by atoms with E-state index in [-0.39, 0.29) is 30.6 Å². The normalized spacial score (nSPS) is 12.5. The van der Waals surface area contributed by atoms with Crippen molar-refractivity contribution in [3.05, 3.63) is 29.3 Å². The topological polar surface area (TPSA) is 84.5 Å². The number of carbonyl (C=O) groups is 3. The number of ether oxygens (including phenoxy) is 1. The molecular weight excluding hydrogens is 272 g/mol. The molecule has 0 saturated heterocycles. The Bertz CT molecular complexity index is 569. The van der Waals surface area contributed by atoms with Crippen molar-refractivity contribution in [2.24, 2.45) is 0 Å². The maximum atomic E-state index is 11.5. The summed E-state index contributed by atoms with van der Waals surface area (Å²) < 4.78 is 4.47. The Morgan fingerprint density at radius 2 is 2.14 bits per heavy atom. The van der Waals surface area contributed by atoms with Crippen molar-refractivity contribution in [2.45, 2.75) is 25.7 Å². The standard InChI is InChI=1S/C15H18N2O4/c1-21-15(20)5-4-13(18)16-7-6-10-2-3-12-11(8-10)9-14(19)17-12/h2-3,8H,4-7,9H2,1H3,(H,16,18)(H,17,19). The molecule has 1 aliphatic heterocycles. The van der Waals surface area contributed by atoms with E-state index in [1.165, 1.54) is 7.11 Å². The van der Waals surface area contributed by atoms with Crippen LogP contribution in [0.2, 0.25) is 0 Å². The first kappa shape index (κ1) is 15.0. The molecule has 6 heteroatoms. The van der Waals surface area contributed by atoms with Gasteiger partial charge in [0.05, 0.1) is 20.0 Å². The molecule has 0 saturated carbocycles. The van der Waals surface area contributed by atoms with E-state index in [0.29, 0.717) is 19.4 Å². The smallest absolute Gasteiger partial charge is 0.306 e. The molecule has 0 atom stereocenters. The lowest BCUT2D eigenvalue weighted by atomic mass is 10.1. The molecule has 1 aromatic rings. The van der Waals surface area contributed by atoms with E-state index in [1.54, 1.807) is 0 Å². The molecule has 0 fully saturated rings. The Labute approximate surface area is 122 Å². The predicted molar refractivity (Wildman–Crippen MR) is 76.7 cm³/mol. The highest BCUT2D eigenvalue weighted by Crippen LogP contribution is 2.23. The number of hydrogen-bond donors (Lipinski definition) is 2. The third-order valence-corrected chi connectivity index (χ3v) is 3.31. The zero-order valence-electron chi connectivity index (χ0n) is 11.9. The van der Waals surface area contributed by atoms with Crippen molar-refractivity contribution in [2.75, 3.05) is 19.0 Å². The highest BCUT2D eigenvalue weighted by molar-refractivity contribution is 5.99. The van der Waals surface area contributed by atoms with Gasteiger partial charge < -0.3 is 15.4 Å². The van der Waals surface area contributed by atoms with Crippen LogP contribution in [0.3, 0.4) is 0 Å². The Morgan fingerprint density at radius 3 is 2.90 bits per heavy atom. The number of hydrogen-bond acceptors (Lipinski definition) is 4. The third-order valence-electron chi connectivity index (χ3n) is 3.31. The Hall–Kier alpha value is -2.37. The van der Waals surface area contributed by atoms with Crippen LogP contribution in [0.15, 0.2) is 18.2 Å². The highest BCUT2D eigenvalue weighted by atomic mass is 16.5. The summed E-state index contributed by atoms with van der Waals surface area (Å²) in [6, 6.07) is 5.80. The van der Waals surface area contributed by atoms with E-state index in [4.69, 9.17) is 0 Å². The summed E-state index contributed by atoms with van der Waals surface area (Å²) in [5.74, 6) is -0.544. The molecule has 0 unspecified atom stereocenters. The van der Waals surface area contributed by atoms with Crippen LogP contribution in [0.5, 0.6) is 0 Å². The van der Waals surface area contributed by atoms with Gasteiger partial charge in [-0.05, 0) is 23.6 Å². The van der Waals surface area contributed by atoms with Gasteiger partial charge in [0.25, 0.3) is 0 Å². The lowest BCUT2D eigenvalue weighted by molar-refractivity contribution is -0.142. The molecule has 0 aliphatic carbocycles. The first-order chi connectivity index (χ1) is 10.1. The number of esters is 1. The molecule has 21 heavy (non-hydrogen) atoms. The van der Waals surface area contributed by atoms with Gasteiger partial charge in [-0.15, -0.1) is 0 Å². The van der Waals surface area contributed by atoms with Crippen molar-refractivity contribution in [1.29, 1.82) is 0 Å². The molecule has 2 amide bonds. The van der Waals surface area contributed by atoms with E-state index in [1.807, 2.05) is 18.2 Å². The number of nitrogens with one attached hydrogen (secondary N) is 2. The number of fused-ring (bicyclic) bond motifs is 1. The number of rotatable bonds is 6. The second-order valence-electron chi connectivity index (χ2n) is 4.89. The van der Waals surface area contributed by atoms with Crippen LogP contribution >= 0.6 is 0 Å². The highest BCUT2D eigenvalue weighted by Gasteiger charge is 2.17. The Balaban J connectivity index is 1.74. The maximum absolute atomic E-state index is 11.5. The summed E-state index contributed by atoms with van der Waals surface area (Å²) >= 11 is 0. The first-order valence-corrected chi connectivity index (χ1v) is 6.83. The minimum atomic E-state index is -0.388. The van der Waals surface area contributed by atoms with E-state index in [2.05, 4.69) is 15.4 Å². The molecule has 0 aromatic heterocycles. The van der Waals surface area contributed by atoms with Crippen LogP contribution in [0.25, 0.3) is 0 Å². The van der Waals surface area contributed by atoms with Gasteiger partial charge in [-0.1, -0.05) is 12.1 Å². The summed E-state index contributed by atoms with van der Waals surface area (Å²) in [5, 5.41) is 5.54. The third kappa shape index (κ3) is 4.30. The maximum Gasteiger partial charge on any atom is 0.306 e. The van der Waals surface area contributed by atoms with Crippen LogP contribution < -0.4 is 10.6 Å². The number of amides is 2. The SMILES string of the molecule is COC(=O)CCC(=O)NCCc1ccc2c(c1)CC(=O)N2. The first-order valence-electron chi connectivity index (χ1n) is 6.83. The van der Waals surface area contributed by atoms with Crippen molar-refractivity contribution in [3.63, 3.8) is 0 Å². The van der Waals surface area contributed by atoms with Crippen molar-refractivity contribution in [3.8, 4) is 0 Å². The van der Waals surface area contributed by atoms with E-state index < -0.39 is 0 Å². The van der Waals surface area contributed by atoms with Crippen LogP contribution in [-0.2, 0) is 32.0 Å². The minimum Gasteiger partial charge on any atom is -0.469 e. The molecular formula is C15H18N2O4. The summed E-state index contributed by atoms with van der Waals surface area (Å²) in [6.45, 7) is 0.500. The molecule has 1 heterocycles. The molecule has 6 nitrogen and oxygen atoms in total. The Morgan fingerprint density at radius 1 is 1.33 bits per heavy atom. The molecule has 2 N–H and O–H groups in total. The van der Waals surface area contributed by atoms with Crippen molar-refractivity contribution in [1.82, 2.24) is 5.32 Å². The van der Waals surface area contributed by atoms with Crippen LogP contribution in [-0.4, -0.2) is 31.4 Å². The van der Waals surface area contributed by atoms with Crippen LogP contribution in [0.1, 0.15) is 24.0 Å². The molecule has 1 aromatic carbocycles. The predicted octanol–water partition coefficient (Wildman–Crippen LogP) is 0.793. The quantitative estimate of drug-likeness (QED) is 0.759. The summed E-state index contributed by atoms with van der Waals surface area (Å²) in [7, 11) is 1.30. The van der Waals surface area contributed by atoms with Crippen molar-refractivity contribution >= 4 is 23.5 Å². The van der Waals surface area contributed by atoms with E-state index >= 15 is 0 Å². The van der Waals surface area contributed by atoms with Gasteiger partial charge in [0, 0.05) is 18.7 Å². The zero-order valence-corrected chi connectivity index (χ0v) is 11.9. The van der Waals surface area contributed by atoms with Crippen LogP contribution in [0, 0.1) is 0 Å². The van der Waals surface area contributed by atoms with Gasteiger partial charge >= 0.3 is 5.97 Å². The van der Waals surface area contributed by atoms with E-state index in [0.717, 1.165) is 16.8 Å². The Kier molecular flexibility index (Phi) is 4.92. The summed E-state index contributed by atoms with van der Waals surface area (Å²) in [4.78, 5) is 33.7. The number of methoxy groups -OCH3 is 1. The fraction of sp³-hybridized carbons (Fsp3) is 0.400. The lowest BCUT2D eigenvalue weighted by Gasteiger charge is -2.06. The van der Waals surface area contributed by atoms with Gasteiger partial charge in [0.2, 0.25) is 11.8 Å². The fourth-order valence-electron chi connectivity index (χ4n) is 2.19. The number of carbonyl (C=O) groups excluding carboxylic acids is 3. The average molecular weight is 290 g/mol. The molecule has 0 spiro atoms. The number of benzene rings is 1. The number of anilines is 1. The van der Waals surface area contributed by atoms with Crippen LogP contribution in [0.4, 0.5) is 5.69 Å². The monoisotopic (exact) mass is 290 g/mol. The van der Waals surface area contributed by atoms with Gasteiger partial charge in [0.1, 0.15) is 0 Å². The molecule has 0 bridgehead atoms. The second kappa shape index (κ2) is 6.88. The van der Waals surface area contributed by atoms with Gasteiger partial charge in [-0.3, -0.25) is 14.4 Å². The summed E-state index contributed by atoms with van der Waals surface area (Å²) in [5.41, 5.74) is 2.93. The molecule has 0 radical (unpaired) electrons. The van der Waals surface area contributed by atoms with Crippen molar-refractivity contribution < 1.29 is 19.1 Å². The van der Waals surface area contributed by atoms with Gasteiger partial charge in [-0.25, -0.2) is 0 Å². The molecule has 2 rings (SSSR count).